The Morgan fingerprint density at radius 2 is 1.39 bits per heavy atom. The molecule has 0 spiro atoms. The summed E-state index contributed by atoms with van der Waals surface area (Å²) in [7, 11) is 0. The van der Waals surface area contributed by atoms with Gasteiger partial charge in [0.1, 0.15) is 5.71 Å². The Morgan fingerprint density at radius 1 is 0.750 bits per heavy atom. The molecule has 0 fully saturated rings. The highest BCUT2D eigenvalue weighted by Crippen LogP contribution is 2.38. The number of hydrazone groups is 1. The molecule has 3 aromatic rings. The molecule has 0 atom stereocenters. The molecule has 2 heterocycles. The summed E-state index contributed by atoms with van der Waals surface area (Å²) >= 11 is 0. The number of nitrogens with one attached hydrogen (secondary N) is 3. The molecule has 1 amide bonds. The number of carbonyl (C=O) groups excluding carboxylic acids is 1. The third kappa shape index (κ3) is 2.74. The summed E-state index contributed by atoms with van der Waals surface area (Å²) in [4.78, 5) is 12.7. The van der Waals surface area contributed by atoms with Gasteiger partial charge in [0.15, 0.2) is 0 Å². The quantitative estimate of drug-likeness (QED) is 0.485. The first-order valence-corrected chi connectivity index (χ1v) is 9.17. The maximum Gasteiger partial charge on any atom is 0.258 e. The second-order valence-corrected chi connectivity index (χ2v) is 6.70. The second-order valence-electron chi connectivity index (χ2n) is 6.70. The fourth-order valence-corrected chi connectivity index (χ4v) is 3.60. The Hall–Kier alpha value is -3.86. The van der Waals surface area contributed by atoms with E-state index in [1.54, 1.807) is 0 Å². The van der Waals surface area contributed by atoms with Crippen molar-refractivity contribution in [2.75, 3.05) is 10.6 Å². The average molecular weight is 366 g/mol. The number of rotatable bonds is 3. The van der Waals surface area contributed by atoms with Crippen molar-refractivity contribution in [1.29, 1.82) is 0 Å². The number of hydrogen-bond donors (Lipinski definition) is 3. The van der Waals surface area contributed by atoms with Crippen LogP contribution in [0.2, 0.25) is 0 Å². The molecule has 28 heavy (non-hydrogen) atoms. The zero-order valence-electron chi connectivity index (χ0n) is 15.1. The fraction of sp³-hybridized carbons (Fsp3) is 0.0435. The Morgan fingerprint density at radius 3 is 2.18 bits per heavy atom. The summed E-state index contributed by atoms with van der Waals surface area (Å²) in [6, 6.07) is 25.8. The number of fused-ring (bicyclic) bond motifs is 2. The van der Waals surface area contributed by atoms with Crippen LogP contribution >= 0.6 is 0 Å². The van der Waals surface area contributed by atoms with Crippen LogP contribution in [0, 0.1) is 0 Å². The number of amides is 1. The molecule has 2 aliphatic rings. The first-order chi connectivity index (χ1) is 13.8. The average Bonchev–Trinajstić information content (AvgIpc) is 3.25. The number of anilines is 2. The van der Waals surface area contributed by atoms with E-state index in [9.17, 15) is 4.79 Å². The summed E-state index contributed by atoms with van der Waals surface area (Å²) in [5, 5.41) is 11.0. The predicted molar refractivity (Wildman–Crippen MR) is 112 cm³/mol. The van der Waals surface area contributed by atoms with E-state index in [2.05, 4.69) is 21.2 Å². The minimum Gasteiger partial charge on any atom is -0.352 e. The van der Waals surface area contributed by atoms with Gasteiger partial charge in [-0.05, 0) is 17.7 Å². The van der Waals surface area contributed by atoms with E-state index in [-0.39, 0.29) is 5.91 Å². The van der Waals surface area contributed by atoms with Crippen LogP contribution in [0.15, 0.2) is 89.7 Å². The highest BCUT2D eigenvalue weighted by molar-refractivity contribution is 6.39. The molecular formula is C23H18N4O. The largest absolute Gasteiger partial charge is 0.352 e. The smallest absolute Gasteiger partial charge is 0.258 e. The Balaban J connectivity index is 1.58. The molecule has 0 unspecified atom stereocenters. The molecule has 0 saturated carbocycles. The highest BCUT2D eigenvalue weighted by atomic mass is 16.2. The topological polar surface area (TPSA) is 65.5 Å². The molecule has 5 rings (SSSR count). The summed E-state index contributed by atoms with van der Waals surface area (Å²) in [6.45, 7) is 0.609. The van der Waals surface area contributed by atoms with Crippen molar-refractivity contribution in [3.05, 3.63) is 101 Å². The molecule has 3 N–H and O–H groups in total. The van der Waals surface area contributed by atoms with Gasteiger partial charge in [-0.15, -0.1) is 0 Å². The van der Waals surface area contributed by atoms with Gasteiger partial charge in [0.05, 0.1) is 17.8 Å². The molecule has 3 aromatic carbocycles. The normalized spacial score (nSPS) is 18.4. The zero-order valence-corrected chi connectivity index (χ0v) is 15.1. The van der Waals surface area contributed by atoms with Crippen LogP contribution in [0.4, 0.5) is 11.4 Å². The lowest BCUT2D eigenvalue weighted by atomic mass is 10.0. The first kappa shape index (κ1) is 16.3. The van der Waals surface area contributed by atoms with E-state index < -0.39 is 0 Å². The van der Waals surface area contributed by atoms with Gasteiger partial charge < -0.3 is 16.1 Å². The van der Waals surface area contributed by atoms with Crippen LogP contribution in [-0.2, 0) is 11.3 Å². The summed E-state index contributed by atoms with van der Waals surface area (Å²) in [6.07, 6.45) is 0. The van der Waals surface area contributed by atoms with Gasteiger partial charge in [0, 0.05) is 22.5 Å². The third-order valence-electron chi connectivity index (χ3n) is 4.92. The van der Waals surface area contributed by atoms with Gasteiger partial charge in [-0.3, -0.25) is 4.79 Å². The van der Waals surface area contributed by atoms with Crippen LogP contribution in [-0.4, -0.2) is 11.6 Å². The van der Waals surface area contributed by atoms with Crippen LogP contribution < -0.4 is 16.1 Å². The molecule has 0 saturated heterocycles. The fourth-order valence-electron chi connectivity index (χ4n) is 3.60. The molecule has 136 valence electrons. The van der Waals surface area contributed by atoms with E-state index in [0.717, 1.165) is 39.5 Å². The molecule has 0 bridgehead atoms. The summed E-state index contributed by atoms with van der Waals surface area (Å²) in [5.74, 6) is -0.118. The zero-order chi connectivity index (χ0) is 18.9. The Labute approximate surface area is 162 Å². The lowest BCUT2D eigenvalue weighted by Crippen LogP contribution is -2.16. The summed E-state index contributed by atoms with van der Waals surface area (Å²) < 4.78 is 0. The number of hydrogen-bond acceptors (Lipinski definition) is 4. The lowest BCUT2D eigenvalue weighted by Gasteiger charge is -2.07. The number of nitrogens with zero attached hydrogens (tertiary/aromatic N) is 1. The monoisotopic (exact) mass is 366 g/mol. The van der Waals surface area contributed by atoms with Gasteiger partial charge in [0.25, 0.3) is 5.91 Å². The van der Waals surface area contributed by atoms with E-state index in [0.29, 0.717) is 12.1 Å². The van der Waals surface area contributed by atoms with Gasteiger partial charge in [0.2, 0.25) is 0 Å². The van der Waals surface area contributed by atoms with Crippen molar-refractivity contribution >= 4 is 28.6 Å². The van der Waals surface area contributed by atoms with Crippen LogP contribution in [0.1, 0.15) is 16.7 Å². The number of para-hydroxylation sites is 2. The minimum absolute atomic E-state index is 0.118. The SMILES string of the molecule is O=C1Nc2ccccc2/C1=C1/Nc2ccccc2/C1=N\NCc1ccccc1. The van der Waals surface area contributed by atoms with Crippen molar-refractivity contribution in [2.24, 2.45) is 5.10 Å². The summed E-state index contributed by atoms with van der Waals surface area (Å²) in [5.41, 5.74) is 10.0. The number of benzene rings is 3. The molecule has 2 aliphatic heterocycles. The minimum atomic E-state index is -0.118. The van der Waals surface area contributed by atoms with Gasteiger partial charge in [-0.2, -0.15) is 5.10 Å². The molecule has 0 aromatic heterocycles. The first-order valence-electron chi connectivity index (χ1n) is 9.17. The Bertz CT molecular complexity index is 1130. The van der Waals surface area contributed by atoms with E-state index >= 15 is 0 Å². The van der Waals surface area contributed by atoms with E-state index in [4.69, 9.17) is 0 Å². The molecule has 5 heteroatoms. The van der Waals surface area contributed by atoms with Crippen LogP contribution in [0.25, 0.3) is 5.57 Å². The van der Waals surface area contributed by atoms with Crippen molar-refractivity contribution in [1.82, 2.24) is 5.43 Å². The molecular weight excluding hydrogens is 348 g/mol. The second kappa shape index (κ2) is 6.70. The van der Waals surface area contributed by atoms with Crippen molar-refractivity contribution in [2.45, 2.75) is 6.54 Å². The molecule has 5 nitrogen and oxygen atoms in total. The molecule has 0 radical (unpaired) electrons. The van der Waals surface area contributed by atoms with E-state index in [1.165, 1.54) is 0 Å². The lowest BCUT2D eigenvalue weighted by molar-refractivity contribution is -0.110. The highest BCUT2D eigenvalue weighted by Gasteiger charge is 2.33. The van der Waals surface area contributed by atoms with Gasteiger partial charge >= 0.3 is 0 Å². The number of allylic oxidation sites excluding steroid dienone is 1. The van der Waals surface area contributed by atoms with Crippen molar-refractivity contribution < 1.29 is 4.79 Å². The van der Waals surface area contributed by atoms with Crippen LogP contribution in [0.5, 0.6) is 0 Å². The van der Waals surface area contributed by atoms with Crippen LogP contribution in [0.3, 0.4) is 0 Å². The number of carbonyl (C=O) groups is 1. The maximum atomic E-state index is 12.7. The van der Waals surface area contributed by atoms with Crippen molar-refractivity contribution in [3.8, 4) is 0 Å². The molecule has 0 aliphatic carbocycles. The van der Waals surface area contributed by atoms with Crippen molar-refractivity contribution in [3.63, 3.8) is 0 Å². The van der Waals surface area contributed by atoms with Gasteiger partial charge in [-0.1, -0.05) is 66.7 Å². The van der Waals surface area contributed by atoms with Gasteiger partial charge in [-0.25, -0.2) is 0 Å². The van der Waals surface area contributed by atoms with E-state index in [1.807, 2.05) is 78.9 Å². The standard InChI is InChI=1S/C23H18N4O/c28-23-20(16-10-4-6-12-18(16)26-23)22-21(17-11-5-7-13-19(17)25-22)27-24-14-15-8-2-1-3-9-15/h1-13,24-25H,14H2,(H,26,28)/b22-20-,27-21+. The Kier molecular flexibility index (Phi) is 3.91. The maximum absolute atomic E-state index is 12.7. The third-order valence-corrected chi connectivity index (χ3v) is 4.92. The predicted octanol–water partition coefficient (Wildman–Crippen LogP) is 3.97.